The molecule has 23 heavy (non-hydrogen) atoms. The summed E-state index contributed by atoms with van der Waals surface area (Å²) in [6, 6.07) is 0. The van der Waals surface area contributed by atoms with Gasteiger partial charge in [0.25, 0.3) is 0 Å². The summed E-state index contributed by atoms with van der Waals surface area (Å²) in [5.74, 6) is -1.37. The first kappa shape index (κ1) is 21.1. The Hall–Kier alpha value is -1.85. The average Bonchev–Trinajstić information content (AvgIpc) is 2.49. The predicted molar refractivity (Wildman–Crippen MR) is 85.9 cm³/mol. The van der Waals surface area contributed by atoms with Gasteiger partial charge >= 0.3 is 17.9 Å². The molecule has 6 nitrogen and oxygen atoms in total. The second kappa shape index (κ2) is 13.8. The summed E-state index contributed by atoms with van der Waals surface area (Å²) in [7, 11) is 0. The van der Waals surface area contributed by atoms with E-state index in [1.807, 2.05) is 0 Å². The van der Waals surface area contributed by atoms with Gasteiger partial charge in [-0.3, -0.25) is 9.59 Å². The van der Waals surface area contributed by atoms with E-state index in [4.69, 9.17) is 14.6 Å². The molecule has 0 rings (SSSR count). The zero-order chi connectivity index (χ0) is 17.5. The van der Waals surface area contributed by atoms with Crippen molar-refractivity contribution in [3.63, 3.8) is 0 Å². The van der Waals surface area contributed by atoms with E-state index in [2.05, 4.69) is 6.58 Å². The van der Waals surface area contributed by atoms with Gasteiger partial charge in [0.1, 0.15) is 0 Å². The van der Waals surface area contributed by atoms with Gasteiger partial charge in [-0.2, -0.15) is 0 Å². The summed E-state index contributed by atoms with van der Waals surface area (Å²) in [4.78, 5) is 32.9. The molecule has 0 aromatic carbocycles. The van der Waals surface area contributed by atoms with Crippen LogP contribution in [0.2, 0.25) is 0 Å². The first-order valence-electron chi connectivity index (χ1n) is 8.13. The van der Waals surface area contributed by atoms with Crippen LogP contribution in [-0.2, 0) is 23.9 Å². The molecule has 0 aliphatic heterocycles. The zero-order valence-electron chi connectivity index (χ0n) is 14.0. The Kier molecular flexibility index (Phi) is 12.7. The highest BCUT2D eigenvalue weighted by atomic mass is 16.5. The number of unbranched alkanes of at least 4 members (excludes halogenated alkanes) is 5. The minimum atomic E-state index is -0.761. The maximum Gasteiger partial charge on any atom is 0.333 e. The number of carbonyl (C=O) groups is 3. The van der Waals surface area contributed by atoms with Crippen molar-refractivity contribution < 1.29 is 29.0 Å². The molecule has 0 radical (unpaired) electrons. The van der Waals surface area contributed by atoms with Crippen molar-refractivity contribution >= 4 is 17.9 Å². The fraction of sp³-hybridized carbons (Fsp3) is 0.706. The van der Waals surface area contributed by atoms with E-state index in [0.29, 0.717) is 44.5 Å². The Morgan fingerprint density at radius 3 is 1.91 bits per heavy atom. The summed E-state index contributed by atoms with van der Waals surface area (Å²) in [6.45, 7) is 5.72. The van der Waals surface area contributed by atoms with E-state index >= 15 is 0 Å². The first-order valence-corrected chi connectivity index (χ1v) is 8.13. The monoisotopic (exact) mass is 328 g/mol. The molecule has 0 atom stereocenters. The SMILES string of the molecule is C=C(C)C(=O)OCCCCOC(=O)CCCCCCCC(=O)O. The van der Waals surface area contributed by atoms with Crippen LogP contribution in [0.4, 0.5) is 0 Å². The van der Waals surface area contributed by atoms with Crippen LogP contribution >= 0.6 is 0 Å². The van der Waals surface area contributed by atoms with Crippen molar-refractivity contribution in [3.8, 4) is 0 Å². The van der Waals surface area contributed by atoms with Gasteiger partial charge in [-0.25, -0.2) is 4.79 Å². The van der Waals surface area contributed by atoms with Crippen LogP contribution in [0.25, 0.3) is 0 Å². The maximum atomic E-state index is 11.5. The maximum absolute atomic E-state index is 11.5. The summed E-state index contributed by atoms with van der Waals surface area (Å²) in [5.41, 5.74) is 0.374. The quantitative estimate of drug-likeness (QED) is 0.299. The number of carboxylic acids is 1. The average molecular weight is 328 g/mol. The van der Waals surface area contributed by atoms with Gasteiger partial charge in [0.2, 0.25) is 0 Å². The van der Waals surface area contributed by atoms with Crippen LogP contribution < -0.4 is 0 Å². The van der Waals surface area contributed by atoms with Crippen molar-refractivity contribution in [2.24, 2.45) is 0 Å². The lowest BCUT2D eigenvalue weighted by Crippen LogP contribution is -2.09. The van der Waals surface area contributed by atoms with Crippen LogP contribution in [0.15, 0.2) is 12.2 Å². The third-order valence-corrected chi connectivity index (χ3v) is 3.15. The van der Waals surface area contributed by atoms with Crippen molar-refractivity contribution in [1.82, 2.24) is 0 Å². The van der Waals surface area contributed by atoms with E-state index in [0.717, 1.165) is 25.7 Å². The Morgan fingerprint density at radius 1 is 0.826 bits per heavy atom. The molecule has 6 heteroatoms. The van der Waals surface area contributed by atoms with Gasteiger partial charge in [-0.05, 0) is 32.6 Å². The van der Waals surface area contributed by atoms with Crippen LogP contribution in [0.5, 0.6) is 0 Å². The smallest absolute Gasteiger partial charge is 0.333 e. The standard InChI is InChI=1S/C17H28O6/c1-14(2)17(21)23-13-9-8-12-22-16(20)11-7-5-3-4-6-10-15(18)19/h1,3-13H2,2H3,(H,18,19). The molecule has 0 heterocycles. The van der Waals surface area contributed by atoms with E-state index in [1.54, 1.807) is 6.92 Å². The minimum Gasteiger partial charge on any atom is -0.481 e. The molecule has 0 spiro atoms. The largest absolute Gasteiger partial charge is 0.481 e. The molecule has 0 aliphatic carbocycles. The fourth-order valence-corrected chi connectivity index (χ4v) is 1.83. The lowest BCUT2D eigenvalue weighted by Gasteiger charge is -2.06. The van der Waals surface area contributed by atoms with Crippen molar-refractivity contribution in [3.05, 3.63) is 12.2 Å². The molecule has 0 aromatic rings. The minimum absolute atomic E-state index is 0.212. The third kappa shape index (κ3) is 14.8. The van der Waals surface area contributed by atoms with Gasteiger partial charge in [0.05, 0.1) is 13.2 Å². The topological polar surface area (TPSA) is 89.9 Å². The highest BCUT2D eigenvalue weighted by Crippen LogP contribution is 2.08. The van der Waals surface area contributed by atoms with Gasteiger partial charge < -0.3 is 14.6 Å². The number of carbonyl (C=O) groups excluding carboxylic acids is 2. The van der Waals surface area contributed by atoms with Gasteiger partial charge in [-0.15, -0.1) is 0 Å². The van der Waals surface area contributed by atoms with Crippen LogP contribution in [-0.4, -0.2) is 36.2 Å². The highest BCUT2D eigenvalue weighted by Gasteiger charge is 2.04. The second-order valence-corrected chi connectivity index (χ2v) is 5.51. The van der Waals surface area contributed by atoms with Crippen LogP contribution in [0, 0.1) is 0 Å². The molecule has 0 aromatic heterocycles. The Balaban J connectivity index is 3.33. The fourth-order valence-electron chi connectivity index (χ4n) is 1.83. The van der Waals surface area contributed by atoms with Crippen molar-refractivity contribution in [2.75, 3.05) is 13.2 Å². The number of ether oxygens (including phenoxy) is 2. The highest BCUT2D eigenvalue weighted by molar-refractivity contribution is 5.86. The molecule has 0 unspecified atom stereocenters. The van der Waals surface area contributed by atoms with Gasteiger partial charge in [-0.1, -0.05) is 25.8 Å². The lowest BCUT2D eigenvalue weighted by molar-refractivity contribution is -0.144. The lowest BCUT2D eigenvalue weighted by atomic mass is 10.1. The predicted octanol–water partition coefficient (Wildman–Crippen LogP) is 3.24. The Bertz CT molecular complexity index is 389. The summed E-state index contributed by atoms with van der Waals surface area (Å²) in [5, 5.41) is 8.49. The number of esters is 2. The van der Waals surface area contributed by atoms with Crippen molar-refractivity contribution in [2.45, 2.75) is 64.7 Å². The molecule has 132 valence electrons. The van der Waals surface area contributed by atoms with E-state index < -0.39 is 11.9 Å². The normalized spacial score (nSPS) is 10.1. The molecule has 0 amide bonds. The van der Waals surface area contributed by atoms with E-state index in [-0.39, 0.29) is 12.4 Å². The molecular formula is C17H28O6. The van der Waals surface area contributed by atoms with Gasteiger partial charge in [0.15, 0.2) is 0 Å². The Labute approximate surface area is 137 Å². The Morgan fingerprint density at radius 2 is 1.35 bits per heavy atom. The number of hydrogen-bond acceptors (Lipinski definition) is 5. The zero-order valence-corrected chi connectivity index (χ0v) is 14.0. The molecule has 0 bridgehead atoms. The molecule has 0 saturated heterocycles. The molecule has 0 fully saturated rings. The third-order valence-electron chi connectivity index (χ3n) is 3.15. The molecule has 0 saturated carbocycles. The van der Waals surface area contributed by atoms with Gasteiger partial charge in [0, 0.05) is 18.4 Å². The number of hydrogen-bond donors (Lipinski definition) is 1. The molecule has 1 N–H and O–H groups in total. The first-order chi connectivity index (χ1) is 10.9. The number of carboxylic acid groups (broad SMARTS) is 1. The summed E-state index contributed by atoms with van der Waals surface area (Å²) < 4.78 is 10.0. The molecule has 0 aliphatic rings. The number of aliphatic carboxylic acids is 1. The van der Waals surface area contributed by atoms with E-state index in [9.17, 15) is 14.4 Å². The van der Waals surface area contributed by atoms with E-state index in [1.165, 1.54) is 0 Å². The molecular weight excluding hydrogens is 300 g/mol. The van der Waals surface area contributed by atoms with Crippen molar-refractivity contribution in [1.29, 1.82) is 0 Å². The number of rotatable bonds is 14. The summed E-state index contributed by atoms with van der Waals surface area (Å²) >= 11 is 0. The van der Waals surface area contributed by atoms with Crippen LogP contribution in [0.1, 0.15) is 64.7 Å². The summed E-state index contributed by atoms with van der Waals surface area (Å²) in [6.07, 6.45) is 6.09. The van der Waals surface area contributed by atoms with Crippen LogP contribution in [0.3, 0.4) is 0 Å². The second-order valence-electron chi connectivity index (χ2n) is 5.51.